The predicted molar refractivity (Wildman–Crippen MR) is 79.4 cm³/mol. The first-order chi connectivity index (χ1) is 8.66. The summed E-state index contributed by atoms with van der Waals surface area (Å²) in [5.41, 5.74) is 6.20. The smallest absolute Gasteiger partial charge is 0.131 e. The van der Waals surface area contributed by atoms with E-state index in [1.54, 1.807) is 0 Å². The Morgan fingerprint density at radius 1 is 1.28 bits per heavy atom. The highest BCUT2D eigenvalue weighted by Gasteiger charge is 2.10. The first-order valence-corrected chi connectivity index (χ1v) is 7.21. The molecular weight excluding hydrogens is 292 g/mol. The van der Waals surface area contributed by atoms with Crippen molar-refractivity contribution in [2.45, 2.75) is 39.0 Å². The van der Waals surface area contributed by atoms with E-state index in [4.69, 9.17) is 15.9 Å². The molecular formula is C14H21BrN2O. The van der Waals surface area contributed by atoms with Crippen LogP contribution in [0.2, 0.25) is 0 Å². The summed E-state index contributed by atoms with van der Waals surface area (Å²) in [5.74, 6) is 0.718. The quantitative estimate of drug-likeness (QED) is 0.431. The number of amidine groups is 1. The largest absolute Gasteiger partial charge is 0.493 e. The lowest BCUT2D eigenvalue weighted by Crippen LogP contribution is -2.14. The zero-order chi connectivity index (χ0) is 13.4. The van der Waals surface area contributed by atoms with Gasteiger partial charge in [0.1, 0.15) is 11.6 Å². The number of ether oxygens (including phenoxy) is 1. The van der Waals surface area contributed by atoms with Gasteiger partial charge in [-0.3, -0.25) is 5.41 Å². The predicted octanol–water partition coefficient (Wildman–Crippen LogP) is 4.08. The standard InChI is InChI=1S/C14H21BrN2O/c1-2-3-4-5-6-10-18-12-9-7-8-11(15)13(12)14(16)17/h7-9H,2-6,10H2,1H3,(H3,16,17). The number of rotatable bonds is 8. The summed E-state index contributed by atoms with van der Waals surface area (Å²) in [5, 5.41) is 7.56. The molecule has 0 saturated carbocycles. The average molecular weight is 313 g/mol. The zero-order valence-corrected chi connectivity index (χ0v) is 12.4. The van der Waals surface area contributed by atoms with Gasteiger partial charge in [-0.25, -0.2) is 0 Å². The maximum atomic E-state index is 7.56. The summed E-state index contributed by atoms with van der Waals surface area (Å²) in [4.78, 5) is 0. The fourth-order valence-corrected chi connectivity index (χ4v) is 2.34. The molecule has 0 radical (unpaired) electrons. The molecule has 1 aromatic carbocycles. The first kappa shape index (κ1) is 15.0. The summed E-state index contributed by atoms with van der Waals surface area (Å²) in [6.45, 7) is 2.89. The first-order valence-electron chi connectivity index (χ1n) is 6.42. The van der Waals surface area contributed by atoms with Crippen LogP contribution < -0.4 is 10.5 Å². The van der Waals surface area contributed by atoms with Crippen LogP contribution >= 0.6 is 15.9 Å². The van der Waals surface area contributed by atoms with Gasteiger partial charge < -0.3 is 10.5 Å². The zero-order valence-electron chi connectivity index (χ0n) is 10.8. The molecule has 0 fully saturated rings. The van der Waals surface area contributed by atoms with E-state index < -0.39 is 0 Å². The fourth-order valence-electron chi connectivity index (χ4n) is 1.77. The molecule has 0 spiro atoms. The molecule has 4 heteroatoms. The number of hydrogen-bond donors (Lipinski definition) is 2. The van der Waals surface area contributed by atoms with E-state index in [1.165, 1.54) is 25.7 Å². The second-order valence-corrected chi connectivity index (χ2v) is 5.14. The molecule has 3 nitrogen and oxygen atoms in total. The van der Waals surface area contributed by atoms with E-state index in [2.05, 4.69) is 22.9 Å². The number of benzene rings is 1. The normalized spacial score (nSPS) is 10.3. The summed E-state index contributed by atoms with van der Waals surface area (Å²) >= 11 is 3.39. The van der Waals surface area contributed by atoms with Crippen molar-refractivity contribution in [2.75, 3.05) is 6.61 Å². The average Bonchev–Trinajstić information content (AvgIpc) is 2.33. The Labute approximate surface area is 117 Å². The second-order valence-electron chi connectivity index (χ2n) is 4.29. The summed E-state index contributed by atoms with van der Waals surface area (Å²) in [6, 6.07) is 5.61. The molecule has 1 aromatic rings. The van der Waals surface area contributed by atoms with Crippen LogP contribution in [0.3, 0.4) is 0 Å². The molecule has 0 atom stereocenters. The van der Waals surface area contributed by atoms with Crippen LogP contribution in [-0.4, -0.2) is 12.4 Å². The fraction of sp³-hybridized carbons (Fsp3) is 0.500. The lowest BCUT2D eigenvalue weighted by Gasteiger charge is -2.11. The summed E-state index contributed by atoms with van der Waals surface area (Å²) < 4.78 is 6.51. The number of hydrogen-bond acceptors (Lipinski definition) is 2. The monoisotopic (exact) mass is 312 g/mol. The second kappa shape index (κ2) is 8.14. The minimum absolute atomic E-state index is 0.0310. The number of halogens is 1. The maximum Gasteiger partial charge on any atom is 0.131 e. The molecule has 3 N–H and O–H groups in total. The van der Waals surface area contributed by atoms with Crippen molar-refractivity contribution in [3.05, 3.63) is 28.2 Å². The van der Waals surface area contributed by atoms with Gasteiger partial charge in [-0.05, 0) is 34.5 Å². The van der Waals surface area contributed by atoms with Crippen molar-refractivity contribution in [2.24, 2.45) is 5.73 Å². The Morgan fingerprint density at radius 2 is 2.00 bits per heavy atom. The Hall–Kier alpha value is -1.03. The van der Waals surface area contributed by atoms with Crippen LogP contribution in [0.15, 0.2) is 22.7 Å². The number of nitrogens with one attached hydrogen (secondary N) is 1. The van der Waals surface area contributed by atoms with Gasteiger partial charge in [-0.15, -0.1) is 0 Å². The molecule has 0 heterocycles. The Balaban J connectivity index is 2.47. The summed E-state index contributed by atoms with van der Waals surface area (Å²) in [7, 11) is 0. The number of unbranched alkanes of at least 4 members (excludes halogenated alkanes) is 4. The SMILES string of the molecule is CCCCCCCOc1cccc(Br)c1C(=N)N. The van der Waals surface area contributed by atoms with Crippen molar-refractivity contribution in [1.29, 1.82) is 5.41 Å². The molecule has 0 saturated heterocycles. The van der Waals surface area contributed by atoms with Crippen molar-refractivity contribution in [1.82, 2.24) is 0 Å². The van der Waals surface area contributed by atoms with Crippen LogP contribution in [0.25, 0.3) is 0 Å². The van der Waals surface area contributed by atoms with Crippen LogP contribution in [-0.2, 0) is 0 Å². The van der Waals surface area contributed by atoms with Crippen molar-refractivity contribution >= 4 is 21.8 Å². The van der Waals surface area contributed by atoms with Crippen molar-refractivity contribution < 1.29 is 4.74 Å². The van der Waals surface area contributed by atoms with Crippen LogP contribution in [0.4, 0.5) is 0 Å². The van der Waals surface area contributed by atoms with Gasteiger partial charge in [0.2, 0.25) is 0 Å². The van der Waals surface area contributed by atoms with E-state index in [1.807, 2.05) is 18.2 Å². The van der Waals surface area contributed by atoms with Crippen LogP contribution in [0, 0.1) is 5.41 Å². The van der Waals surface area contributed by atoms with Gasteiger partial charge in [0.15, 0.2) is 0 Å². The van der Waals surface area contributed by atoms with Gasteiger partial charge in [-0.1, -0.05) is 38.7 Å². The van der Waals surface area contributed by atoms with Gasteiger partial charge in [-0.2, -0.15) is 0 Å². The van der Waals surface area contributed by atoms with Crippen LogP contribution in [0.1, 0.15) is 44.6 Å². The number of nitrogen functional groups attached to an aromatic ring is 1. The van der Waals surface area contributed by atoms with Gasteiger partial charge >= 0.3 is 0 Å². The van der Waals surface area contributed by atoms with Gasteiger partial charge in [0.05, 0.1) is 12.2 Å². The van der Waals surface area contributed by atoms with E-state index in [9.17, 15) is 0 Å². The Morgan fingerprint density at radius 3 is 2.67 bits per heavy atom. The van der Waals surface area contributed by atoms with E-state index in [-0.39, 0.29) is 5.84 Å². The molecule has 0 aromatic heterocycles. The van der Waals surface area contributed by atoms with Crippen molar-refractivity contribution in [3.63, 3.8) is 0 Å². The molecule has 0 bridgehead atoms. The molecule has 0 aliphatic carbocycles. The summed E-state index contributed by atoms with van der Waals surface area (Å²) in [6.07, 6.45) is 6.04. The Bertz CT molecular complexity index is 393. The van der Waals surface area contributed by atoms with Crippen LogP contribution in [0.5, 0.6) is 5.75 Å². The van der Waals surface area contributed by atoms with E-state index >= 15 is 0 Å². The minimum Gasteiger partial charge on any atom is -0.493 e. The maximum absolute atomic E-state index is 7.56. The molecule has 100 valence electrons. The third kappa shape index (κ3) is 4.69. The molecule has 18 heavy (non-hydrogen) atoms. The highest BCUT2D eigenvalue weighted by Crippen LogP contribution is 2.26. The third-order valence-electron chi connectivity index (χ3n) is 2.75. The molecule has 1 rings (SSSR count). The highest BCUT2D eigenvalue weighted by molar-refractivity contribution is 9.10. The molecule has 0 amide bonds. The lowest BCUT2D eigenvalue weighted by molar-refractivity contribution is 0.304. The highest BCUT2D eigenvalue weighted by atomic mass is 79.9. The lowest BCUT2D eigenvalue weighted by atomic mass is 10.1. The topological polar surface area (TPSA) is 59.1 Å². The van der Waals surface area contributed by atoms with E-state index in [0.717, 1.165) is 10.9 Å². The van der Waals surface area contributed by atoms with Gasteiger partial charge in [0, 0.05) is 4.47 Å². The number of nitrogens with two attached hydrogens (primary N) is 1. The molecule has 0 unspecified atom stereocenters. The van der Waals surface area contributed by atoms with E-state index in [0.29, 0.717) is 17.9 Å². The minimum atomic E-state index is 0.0310. The molecule has 0 aliphatic rings. The van der Waals surface area contributed by atoms with Crippen molar-refractivity contribution in [3.8, 4) is 5.75 Å². The Kier molecular flexibility index (Phi) is 6.80. The molecule has 0 aliphatic heterocycles. The van der Waals surface area contributed by atoms with Gasteiger partial charge in [0.25, 0.3) is 0 Å². The third-order valence-corrected chi connectivity index (χ3v) is 3.41.